The van der Waals surface area contributed by atoms with Crippen LogP contribution in [0.2, 0.25) is 5.02 Å². The molecule has 1 rings (SSSR count). The molecule has 0 saturated heterocycles. The van der Waals surface area contributed by atoms with E-state index in [0.29, 0.717) is 0 Å². The van der Waals surface area contributed by atoms with Crippen LogP contribution < -0.4 is 5.32 Å². The molecule has 0 aliphatic carbocycles. The maximum Gasteiger partial charge on any atom is 0.145 e. The first-order valence-corrected chi connectivity index (χ1v) is 4.44. The van der Waals surface area contributed by atoms with Crippen molar-refractivity contribution in [1.29, 1.82) is 0 Å². The van der Waals surface area contributed by atoms with Gasteiger partial charge < -0.3 is 15.5 Å². The number of aromatic hydroxyl groups is 1. The molecular formula is C9H11ClFNO2. The Bertz CT molecular complexity index is 333. The lowest BCUT2D eigenvalue weighted by Crippen LogP contribution is -2.16. The number of hydrogen-bond acceptors (Lipinski definition) is 3. The van der Waals surface area contributed by atoms with Gasteiger partial charge >= 0.3 is 0 Å². The number of hydrogen-bond donors (Lipinski definition) is 3. The summed E-state index contributed by atoms with van der Waals surface area (Å²) >= 11 is 5.51. The molecule has 0 fully saturated rings. The Kier molecular flexibility index (Phi) is 3.69. The van der Waals surface area contributed by atoms with Gasteiger partial charge in [0.15, 0.2) is 0 Å². The van der Waals surface area contributed by atoms with E-state index in [2.05, 4.69) is 5.32 Å². The molecule has 14 heavy (non-hydrogen) atoms. The minimum Gasteiger partial charge on any atom is -0.507 e. The monoisotopic (exact) mass is 219 g/mol. The van der Waals surface area contributed by atoms with Crippen LogP contribution in [-0.4, -0.2) is 23.8 Å². The maximum atomic E-state index is 12.8. The molecule has 0 aliphatic heterocycles. The second kappa shape index (κ2) is 4.59. The third-order valence-electron chi connectivity index (χ3n) is 1.83. The van der Waals surface area contributed by atoms with Crippen molar-refractivity contribution in [2.75, 3.05) is 13.6 Å². The smallest absolute Gasteiger partial charge is 0.145 e. The average Bonchev–Trinajstić information content (AvgIpc) is 2.11. The van der Waals surface area contributed by atoms with Gasteiger partial charge in [-0.05, 0) is 13.1 Å². The second-order valence-corrected chi connectivity index (χ2v) is 3.31. The zero-order valence-corrected chi connectivity index (χ0v) is 8.35. The predicted molar refractivity (Wildman–Crippen MR) is 52.0 cm³/mol. The van der Waals surface area contributed by atoms with E-state index in [1.807, 2.05) is 0 Å². The molecule has 0 heterocycles. The molecule has 1 atom stereocenters. The topological polar surface area (TPSA) is 52.5 Å². The van der Waals surface area contributed by atoms with Crippen molar-refractivity contribution in [3.63, 3.8) is 0 Å². The largest absolute Gasteiger partial charge is 0.507 e. The molecule has 0 spiro atoms. The molecule has 78 valence electrons. The third-order valence-corrected chi connectivity index (χ3v) is 2.12. The van der Waals surface area contributed by atoms with Crippen LogP contribution in [0.1, 0.15) is 11.7 Å². The summed E-state index contributed by atoms with van der Waals surface area (Å²) in [7, 11) is 1.66. The highest BCUT2D eigenvalue weighted by atomic mass is 35.5. The number of nitrogens with one attached hydrogen (secondary N) is 1. The Morgan fingerprint density at radius 3 is 2.79 bits per heavy atom. The molecule has 0 radical (unpaired) electrons. The van der Waals surface area contributed by atoms with E-state index in [9.17, 15) is 14.6 Å². The van der Waals surface area contributed by atoms with Gasteiger partial charge in [-0.2, -0.15) is 0 Å². The molecule has 3 nitrogen and oxygen atoms in total. The summed E-state index contributed by atoms with van der Waals surface area (Å²) in [6.07, 6.45) is -0.905. The highest BCUT2D eigenvalue weighted by Crippen LogP contribution is 2.29. The Labute approximate surface area is 86.1 Å². The number of benzene rings is 1. The first-order valence-electron chi connectivity index (χ1n) is 4.06. The quantitative estimate of drug-likeness (QED) is 0.721. The standard InChI is InChI=1S/C9H11ClFNO2/c1-12-4-9(14)5-2-6(10)7(11)3-8(5)13/h2-3,9,12-14H,4H2,1H3. The van der Waals surface area contributed by atoms with Gasteiger partial charge in [-0.1, -0.05) is 11.6 Å². The van der Waals surface area contributed by atoms with Gasteiger partial charge in [0.25, 0.3) is 0 Å². The highest BCUT2D eigenvalue weighted by Gasteiger charge is 2.14. The number of aliphatic hydroxyl groups is 1. The fourth-order valence-corrected chi connectivity index (χ4v) is 1.29. The summed E-state index contributed by atoms with van der Waals surface area (Å²) in [4.78, 5) is 0. The van der Waals surface area contributed by atoms with Gasteiger partial charge in [-0.15, -0.1) is 0 Å². The van der Waals surface area contributed by atoms with Gasteiger partial charge in [0, 0.05) is 18.2 Å². The van der Waals surface area contributed by atoms with Crippen molar-refractivity contribution in [3.05, 3.63) is 28.5 Å². The van der Waals surface area contributed by atoms with Crippen LogP contribution in [0.3, 0.4) is 0 Å². The van der Waals surface area contributed by atoms with E-state index >= 15 is 0 Å². The van der Waals surface area contributed by atoms with Crippen LogP contribution in [0.4, 0.5) is 4.39 Å². The third kappa shape index (κ3) is 2.35. The molecule has 0 aromatic heterocycles. The van der Waals surface area contributed by atoms with Gasteiger partial charge in [-0.3, -0.25) is 0 Å². The molecular weight excluding hydrogens is 209 g/mol. The van der Waals surface area contributed by atoms with Gasteiger partial charge in [0.1, 0.15) is 11.6 Å². The van der Waals surface area contributed by atoms with Crippen molar-refractivity contribution >= 4 is 11.6 Å². The van der Waals surface area contributed by atoms with E-state index in [1.54, 1.807) is 7.05 Å². The number of rotatable bonds is 3. The number of halogens is 2. The van der Waals surface area contributed by atoms with E-state index < -0.39 is 11.9 Å². The zero-order chi connectivity index (χ0) is 10.7. The maximum absolute atomic E-state index is 12.8. The number of likely N-dealkylation sites (N-methyl/N-ethyl adjacent to an activating group) is 1. The average molecular weight is 220 g/mol. The molecule has 0 aliphatic rings. The molecule has 0 saturated carbocycles. The van der Waals surface area contributed by atoms with Gasteiger partial charge in [0.05, 0.1) is 11.1 Å². The molecule has 1 aromatic rings. The van der Waals surface area contributed by atoms with Gasteiger partial charge in [-0.25, -0.2) is 4.39 Å². The molecule has 5 heteroatoms. The number of phenolic OH excluding ortho intramolecular Hbond substituents is 1. The lowest BCUT2D eigenvalue weighted by Gasteiger charge is -2.12. The van der Waals surface area contributed by atoms with Crippen molar-refractivity contribution in [2.45, 2.75) is 6.10 Å². The Balaban J connectivity index is 3.02. The summed E-state index contributed by atoms with van der Waals surface area (Å²) in [6, 6.07) is 2.10. The minimum absolute atomic E-state index is 0.118. The Morgan fingerprint density at radius 2 is 2.21 bits per heavy atom. The molecule has 1 aromatic carbocycles. The predicted octanol–water partition coefficient (Wildman–Crippen LogP) is 1.44. The van der Waals surface area contributed by atoms with E-state index in [1.165, 1.54) is 6.07 Å². The van der Waals surface area contributed by atoms with Crippen molar-refractivity contribution in [1.82, 2.24) is 5.32 Å². The normalized spacial score (nSPS) is 12.9. The summed E-state index contributed by atoms with van der Waals surface area (Å²) in [6.45, 7) is 0.259. The van der Waals surface area contributed by atoms with Crippen LogP contribution in [0.25, 0.3) is 0 Å². The van der Waals surface area contributed by atoms with Crippen LogP contribution in [0.5, 0.6) is 5.75 Å². The van der Waals surface area contributed by atoms with Crippen molar-refractivity contribution in [3.8, 4) is 5.75 Å². The van der Waals surface area contributed by atoms with Crippen molar-refractivity contribution < 1.29 is 14.6 Å². The number of phenols is 1. The fourth-order valence-electron chi connectivity index (χ4n) is 1.12. The van der Waals surface area contributed by atoms with Gasteiger partial charge in [0.2, 0.25) is 0 Å². The first kappa shape index (κ1) is 11.2. The lowest BCUT2D eigenvalue weighted by atomic mass is 10.1. The molecule has 3 N–H and O–H groups in total. The minimum atomic E-state index is -0.905. The SMILES string of the molecule is CNCC(O)c1cc(Cl)c(F)cc1O. The van der Waals surface area contributed by atoms with Crippen LogP contribution >= 0.6 is 11.6 Å². The van der Waals surface area contributed by atoms with E-state index in [4.69, 9.17) is 11.6 Å². The highest BCUT2D eigenvalue weighted by molar-refractivity contribution is 6.30. The first-order chi connectivity index (χ1) is 6.56. The Morgan fingerprint density at radius 1 is 1.57 bits per heavy atom. The zero-order valence-electron chi connectivity index (χ0n) is 7.59. The molecule has 0 amide bonds. The molecule has 0 bridgehead atoms. The summed E-state index contributed by atoms with van der Waals surface area (Å²) in [5.41, 5.74) is 0.214. The van der Waals surface area contributed by atoms with Crippen LogP contribution in [-0.2, 0) is 0 Å². The van der Waals surface area contributed by atoms with Crippen LogP contribution in [0.15, 0.2) is 12.1 Å². The van der Waals surface area contributed by atoms with E-state index in [-0.39, 0.29) is 22.9 Å². The van der Waals surface area contributed by atoms with Crippen molar-refractivity contribution in [2.24, 2.45) is 0 Å². The second-order valence-electron chi connectivity index (χ2n) is 2.90. The lowest BCUT2D eigenvalue weighted by molar-refractivity contribution is 0.174. The fraction of sp³-hybridized carbons (Fsp3) is 0.333. The molecule has 1 unspecified atom stereocenters. The van der Waals surface area contributed by atoms with Crippen LogP contribution in [0, 0.1) is 5.82 Å². The summed E-state index contributed by atoms with van der Waals surface area (Å²) in [5.74, 6) is -1.00. The number of aliphatic hydroxyl groups excluding tert-OH is 1. The summed E-state index contributed by atoms with van der Waals surface area (Å²) < 4.78 is 12.8. The summed E-state index contributed by atoms with van der Waals surface area (Å²) in [5, 5.41) is 21.5. The van der Waals surface area contributed by atoms with E-state index in [0.717, 1.165) is 6.07 Å². The Hall–Kier alpha value is -0.840.